The smallest absolute Gasteiger partial charge is 0.234 e. The van der Waals surface area contributed by atoms with E-state index >= 15 is 0 Å². The first-order valence-corrected chi connectivity index (χ1v) is 11.2. The summed E-state index contributed by atoms with van der Waals surface area (Å²) in [4.78, 5) is 23.9. The second-order valence-corrected chi connectivity index (χ2v) is 8.32. The van der Waals surface area contributed by atoms with E-state index in [1.165, 1.54) is 18.7 Å². The number of Topliss-reactive ketones (excluding diaryl/α,β-unsaturated/α-hetero) is 1. The number of allylic oxidation sites excluding steroid dienone is 1. The first-order chi connectivity index (χ1) is 15.4. The second kappa shape index (κ2) is 11.0. The van der Waals surface area contributed by atoms with Crippen LogP contribution in [0.15, 0.2) is 60.3 Å². The Bertz CT molecular complexity index is 1150. The summed E-state index contributed by atoms with van der Waals surface area (Å²) < 4.78 is 7.68. The lowest BCUT2D eigenvalue weighted by atomic mass is 10.1. The van der Waals surface area contributed by atoms with Gasteiger partial charge in [-0.15, -0.1) is 16.8 Å². The molecule has 1 amide bonds. The predicted octanol–water partition coefficient (Wildman–Crippen LogP) is 4.94. The number of ketones is 1. The molecule has 1 N–H and O–H groups in total. The number of benzene rings is 2. The summed E-state index contributed by atoms with van der Waals surface area (Å²) in [6.45, 7) is 7.87. The van der Waals surface area contributed by atoms with Crippen LogP contribution in [0, 0.1) is 6.92 Å². The Morgan fingerprint density at radius 3 is 2.78 bits per heavy atom. The van der Waals surface area contributed by atoms with E-state index in [0.29, 0.717) is 39.5 Å². The van der Waals surface area contributed by atoms with Gasteiger partial charge in [-0.25, -0.2) is 0 Å². The van der Waals surface area contributed by atoms with Gasteiger partial charge in [-0.1, -0.05) is 41.6 Å². The third-order valence-electron chi connectivity index (χ3n) is 4.49. The van der Waals surface area contributed by atoms with Crippen molar-refractivity contribution in [2.24, 2.45) is 0 Å². The lowest BCUT2D eigenvalue weighted by molar-refractivity contribution is -0.113. The molecule has 3 aromatic rings. The number of nitrogens with zero attached hydrogens (tertiary/aromatic N) is 3. The lowest BCUT2D eigenvalue weighted by Gasteiger charge is -2.10. The van der Waals surface area contributed by atoms with Crippen LogP contribution in [-0.2, 0) is 17.9 Å². The molecule has 0 spiro atoms. The molecule has 0 fully saturated rings. The van der Waals surface area contributed by atoms with Crippen LogP contribution in [-0.4, -0.2) is 32.2 Å². The highest BCUT2D eigenvalue weighted by Gasteiger charge is 2.15. The van der Waals surface area contributed by atoms with Crippen molar-refractivity contribution in [1.29, 1.82) is 0 Å². The van der Waals surface area contributed by atoms with Gasteiger partial charge in [0.15, 0.2) is 16.8 Å². The van der Waals surface area contributed by atoms with Crippen LogP contribution in [0.5, 0.6) is 5.75 Å². The molecule has 9 heteroatoms. The van der Waals surface area contributed by atoms with Crippen molar-refractivity contribution >= 4 is 40.7 Å². The second-order valence-electron chi connectivity index (χ2n) is 6.97. The molecule has 0 saturated carbocycles. The number of carbonyl (C=O) groups is 2. The molecular formula is C23H23ClN4O3S. The van der Waals surface area contributed by atoms with Crippen molar-refractivity contribution in [3.05, 3.63) is 77.1 Å². The maximum absolute atomic E-state index is 12.4. The molecular weight excluding hydrogens is 448 g/mol. The number of ether oxygens (including phenoxy) is 1. The van der Waals surface area contributed by atoms with Gasteiger partial charge >= 0.3 is 0 Å². The third kappa shape index (κ3) is 6.21. The lowest BCUT2D eigenvalue weighted by Crippen LogP contribution is -2.15. The number of hydrogen-bond donors (Lipinski definition) is 1. The Morgan fingerprint density at radius 1 is 1.25 bits per heavy atom. The molecule has 0 saturated heterocycles. The number of carbonyl (C=O) groups excluding carboxylic acids is 2. The molecule has 166 valence electrons. The van der Waals surface area contributed by atoms with Crippen LogP contribution in [0.1, 0.15) is 28.7 Å². The normalized spacial score (nSPS) is 10.6. The quantitative estimate of drug-likeness (QED) is 0.256. The fourth-order valence-electron chi connectivity index (χ4n) is 2.84. The standard InChI is InChI=1S/C23H23ClN4O3S/c1-4-10-28-21(13-31-19-8-9-20(24)15(2)11-19)26-27-23(28)32-14-22(30)25-18-7-5-6-17(12-18)16(3)29/h4-9,11-12H,1,10,13-14H2,2-3H3,(H,25,30). The number of aromatic nitrogens is 3. The van der Waals surface area contributed by atoms with E-state index in [1.54, 1.807) is 42.5 Å². The Labute approximate surface area is 195 Å². The maximum atomic E-state index is 12.4. The first-order valence-electron chi connectivity index (χ1n) is 9.83. The molecule has 0 aliphatic rings. The van der Waals surface area contributed by atoms with Crippen LogP contribution in [0.3, 0.4) is 0 Å². The summed E-state index contributed by atoms with van der Waals surface area (Å²) in [5, 5.41) is 12.5. The number of thioether (sulfide) groups is 1. The van der Waals surface area contributed by atoms with Crippen molar-refractivity contribution < 1.29 is 14.3 Å². The SMILES string of the molecule is C=CCn1c(COc2ccc(Cl)c(C)c2)nnc1SCC(=O)Nc1cccc(C(C)=O)c1. The summed E-state index contributed by atoms with van der Waals surface area (Å²) in [5.74, 6) is 1.17. The van der Waals surface area contributed by atoms with Gasteiger partial charge in [-0.2, -0.15) is 0 Å². The number of rotatable bonds is 10. The van der Waals surface area contributed by atoms with Crippen LogP contribution in [0.4, 0.5) is 5.69 Å². The first kappa shape index (κ1) is 23.6. The molecule has 0 bridgehead atoms. The predicted molar refractivity (Wildman–Crippen MR) is 127 cm³/mol. The molecule has 1 heterocycles. The highest BCUT2D eigenvalue weighted by atomic mass is 35.5. The fraction of sp³-hybridized carbons (Fsp3) is 0.217. The number of hydrogen-bond acceptors (Lipinski definition) is 6. The van der Waals surface area contributed by atoms with Crippen molar-refractivity contribution in [3.8, 4) is 5.75 Å². The highest BCUT2D eigenvalue weighted by molar-refractivity contribution is 7.99. The van der Waals surface area contributed by atoms with Gasteiger partial charge in [0.1, 0.15) is 12.4 Å². The Kier molecular flexibility index (Phi) is 8.08. The minimum absolute atomic E-state index is 0.0588. The minimum Gasteiger partial charge on any atom is -0.486 e. The Hall–Kier alpha value is -3.10. The molecule has 0 atom stereocenters. The van der Waals surface area contributed by atoms with Gasteiger partial charge in [0.2, 0.25) is 5.91 Å². The minimum atomic E-state index is -0.210. The highest BCUT2D eigenvalue weighted by Crippen LogP contribution is 2.23. The number of nitrogens with one attached hydrogen (secondary N) is 1. The van der Waals surface area contributed by atoms with Gasteiger partial charge in [0, 0.05) is 22.8 Å². The zero-order valence-corrected chi connectivity index (χ0v) is 19.4. The summed E-state index contributed by atoms with van der Waals surface area (Å²) in [7, 11) is 0. The molecule has 2 aromatic carbocycles. The number of aryl methyl sites for hydroxylation is 1. The summed E-state index contributed by atoms with van der Waals surface area (Å²) in [5.41, 5.74) is 2.04. The largest absolute Gasteiger partial charge is 0.486 e. The molecule has 3 rings (SSSR count). The van der Waals surface area contributed by atoms with Crippen molar-refractivity contribution in [2.75, 3.05) is 11.1 Å². The maximum Gasteiger partial charge on any atom is 0.234 e. The van der Waals surface area contributed by atoms with E-state index in [0.717, 1.165) is 5.56 Å². The van der Waals surface area contributed by atoms with Gasteiger partial charge in [0.05, 0.1) is 5.75 Å². The van der Waals surface area contributed by atoms with Gasteiger partial charge in [-0.05, 0) is 49.7 Å². The Morgan fingerprint density at radius 2 is 2.06 bits per heavy atom. The molecule has 0 unspecified atom stereocenters. The topological polar surface area (TPSA) is 86.1 Å². The number of anilines is 1. The molecule has 32 heavy (non-hydrogen) atoms. The molecule has 1 aromatic heterocycles. The van der Waals surface area contributed by atoms with E-state index in [1.807, 2.05) is 17.6 Å². The zero-order valence-electron chi connectivity index (χ0n) is 17.8. The monoisotopic (exact) mass is 470 g/mol. The molecule has 7 nitrogen and oxygen atoms in total. The van der Waals surface area contributed by atoms with Crippen LogP contribution in [0.25, 0.3) is 0 Å². The molecule has 0 aliphatic carbocycles. The van der Waals surface area contributed by atoms with E-state index in [4.69, 9.17) is 16.3 Å². The van der Waals surface area contributed by atoms with Crippen molar-refractivity contribution in [3.63, 3.8) is 0 Å². The van der Waals surface area contributed by atoms with Crippen molar-refractivity contribution in [2.45, 2.75) is 32.2 Å². The van der Waals surface area contributed by atoms with Gasteiger partial charge in [0.25, 0.3) is 0 Å². The zero-order chi connectivity index (χ0) is 23.1. The third-order valence-corrected chi connectivity index (χ3v) is 5.88. The number of halogens is 1. The Balaban J connectivity index is 1.62. The summed E-state index contributed by atoms with van der Waals surface area (Å²) >= 11 is 7.32. The van der Waals surface area contributed by atoms with E-state index < -0.39 is 0 Å². The summed E-state index contributed by atoms with van der Waals surface area (Å²) in [6.07, 6.45) is 1.73. The van der Waals surface area contributed by atoms with Gasteiger partial charge < -0.3 is 10.1 Å². The average Bonchev–Trinajstić information content (AvgIpc) is 3.15. The van der Waals surface area contributed by atoms with Gasteiger partial charge in [-0.3, -0.25) is 14.2 Å². The molecule has 0 radical (unpaired) electrons. The van der Waals surface area contributed by atoms with Crippen LogP contribution < -0.4 is 10.1 Å². The molecule has 0 aliphatic heterocycles. The number of amides is 1. The van der Waals surface area contributed by atoms with Crippen LogP contribution in [0.2, 0.25) is 5.02 Å². The van der Waals surface area contributed by atoms with E-state index in [-0.39, 0.29) is 24.1 Å². The fourth-order valence-corrected chi connectivity index (χ4v) is 3.73. The van der Waals surface area contributed by atoms with E-state index in [9.17, 15) is 9.59 Å². The summed E-state index contributed by atoms with van der Waals surface area (Å²) in [6, 6.07) is 12.3. The average molecular weight is 471 g/mol. The van der Waals surface area contributed by atoms with Crippen molar-refractivity contribution in [1.82, 2.24) is 14.8 Å². The van der Waals surface area contributed by atoms with Crippen LogP contribution >= 0.6 is 23.4 Å². The van der Waals surface area contributed by atoms with E-state index in [2.05, 4.69) is 22.1 Å².